The number of aromatic nitrogens is 4. The van der Waals surface area contributed by atoms with Crippen molar-refractivity contribution in [3.8, 4) is 0 Å². The van der Waals surface area contributed by atoms with E-state index in [9.17, 15) is 9.59 Å². The molecule has 0 aliphatic heterocycles. The van der Waals surface area contributed by atoms with Crippen LogP contribution in [0.5, 0.6) is 0 Å². The summed E-state index contributed by atoms with van der Waals surface area (Å²) in [5.41, 5.74) is 5.66. The third-order valence-electron chi connectivity index (χ3n) is 3.19. The minimum atomic E-state index is -0.867. The number of aromatic amines is 1. The second-order valence-electron chi connectivity index (χ2n) is 4.41. The molecule has 19 heavy (non-hydrogen) atoms. The average Bonchev–Trinajstić information content (AvgIpc) is 2.93. The number of aliphatic carboxylic acids is 1. The Kier molecular flexibility index (Phi) is 2.37. The number of carbonyl (C=O) groups is 1. The summed E-state index contributed by atoms with van der Waals surface area (Å²) in [7, 11) is 0. The molecule has 0 aromatic carbocycles. The molecule has 2 aromatic heterocycles. The summed E-state index contributed by atoms with van der Waals surface area (Å²) in [6.07, 6.45) is 5.30. The van der Waals surface area contributed by atoms with Crippen molar-refractivity contribution in [1.29, 1.82) is 0 Å². The van der Waals surface area contributed by atoms with Gasteiger partial charge in [-0.25, -0.2) is 4.98 Å². The molecule has 0 spiro atoms. The molecule has 8 heteroatoms. The predicted octanol–water partition coefficient (Wildman–Crippen LogP) is -0.0964. The molecule has 2 unspecified atom stereocenters. The molecule has 1 aliphatic carbocycles. The molecule has 0 saturated heterocycles. The highest BCUT2D eigenvalue weighted by Gasteiger charge is 2.27. The average molecular weight is 261 g/mol. The maximum atomic E-state index is 11.6. The first kappa shape index (κ1) is 11.5. The van der Waals surface area contributed by atoms with Crippen LogP contribution in [0.4, 0.5) is 5.95 Å². The van der Waals surface area contributed by atoms with E-state index in [0.29, 0.717) is 12.1 Å². The van der Waals surface area contributed by atoms with Gasteiger partial charge >= 0.3 is 5.97 Å². The number of nitrogens with zero attached hydrogens (tertiary/aromatic N) is 3. The predicted molar refractivity (Wildman–Crippen MR) is 66.5 cm³/mol. The van der Waals surface area contributed by atoms with Crippen molar-refractivity contribution in [2.45, 2.75) is 12.5 Å². The first-order valence-corrected chi connectivity index (χ1v) is 5.69. The Morgan fingerprint density at radius 1 is 1.53 bits per heavy atom. The summed E-state index contributed by atoms with van der Waals surface area (Å²) in [5, 5.41) is 8.96. The summed E-state index contributed by atoms with van der Waals surface area (Å²) >= 11 is 0. The molecule has 0 bridgehead atoms. The number of nitrogen functional groups attached to an aromatic ring is 1. The topological polar surface area (TPSA) is 127 Å². The largest absolute Gasteiger partial charge is 0.481 e. The normalized spacial score (nSPS) is 22.1. The van der Waals surface area contributed by atoms with Gasteiger partial charge in [0.1, 0.15) is 0 Å². The number of nitrogens with one attached hydrogen (secondary N) is 1. The Hall–Kier alpha value is -2.64. The van der Waals surface area contributed by atoms with Gasteiger partial charge in [0.05, 0.1) is 18.3 Å². The van der Waals surface area contributed by atoms with Crippen molar-refractivity contribution in [2.75, 3.05) is 5.73 Å². The van der Waals surface area contributed by atoms with Crippen LogP contribution in [-0.4, -0.2) is 30.6 Å². The number of carboxylic acids is 1. The van der Waals surface area contributed by atoms with Gasteiger partial charge in [0.2, 0.25) is 5.95 Å². The monoisotopic (exact) mass is 261 g/mol. The fraction of sp³-hybridized carbons (Fsp3) is 0.273. The summed E-state index contributed by atoms with van der Waals surface area (Å²) in [4.78, 5) is 33.0. The summed E-state index contributed by atoms with van der Waals surface area (Å²) in [6.45, 7) is 0. The van der Waals surface area contributed by atoms with Gasteiger partial charge in [-0.3, -0.25) is 14.6 Å². The van der Waals surface area contributed by atoms with Crippen molar-refractivity contribution < 1.29 is 9.90 Å². The molecule has 1 aliphatic rings. The third-order valence-corrected chi connectivity index (χ3v) is 3.19. The lowest BCUT2D eigenvalue weighted by Gasteiger charge is -2.11. The number of hydrogen-bond acceptors (Lipinski definition) is 5. The van der Waals surface area contributed by atoms with Crippen LogP contribution < -0.4 is 11.3 Å². The zero-order valence-corrected chi connectivity index (χ0v) is 9.78. The smallest absolute Gasteiger partial charge is 0.310 e. The number of nitrogens with two attached hydrogens (primary N) is 1. The van der Waals surface area contributed by atoms with Crippen LogP contribution in [0.15, 0.2) is 23.3 Å². The Balaban J connectivity index is 2.06. The van der Waals surface area contributed by atoms with E-state index in [2.05, 4.69) is 15.0 Å². The molecule has 2 heterocycles. The van der Waals surface area contributed by atoms with E-state index in [0.717, 1.165) is 0 Å². The molecule has 0 radical (unpaired) electrons. The van der Waals surface area contributed by atoms with Crippen molar-refractivity contribution >= 4 is 23.1 Å². The first-order chi connectivity index (χ1) is 9.06. The van der Waals surface area contributed by atoms with E-state index in [4.69, 9.17) is 10.8 Å². The molecule has 8 nitrogen and oxygen atoms in total. The van der Waals surface area contributed by atoms with Crippen LogP contribution in [0.3, 0.4) is 0 Å². The van der Waals surface area contributed by atoms with E-state index >= 15 is 0 Å². The highest BCUT2D eigenvalue weighted by molar-refractivity contribution is 5.74. The summed E-state index contributed by atoms with van der Waals surface area (Å²) < 4.78 is 1.67. The molecule has 4 N–H and O–H groups in total. The molecular weight excluding hydrogens is 250 g/mol. The first-order valence-electron chi connectivity index (χ1n) is 5.69. The van der Waals surface area contributed by atoms with Crippen LogP contribution in [0.2, 0.25) is 0 Å². The van der Waals surface area contributed by atoms with Crippen LogP contribution >= 0.6 is 0 Å². The van der Waals surface area contributed by atoms with Gasteiger partial charge in [0, 0.05) is 0 Å². The fourth-order valence-electron chi connectivity index (χ4n) is 2.25. The van der Waals surface area contributed by atoms with Gasteiger partial charge in [0.25, 0.3) is 5.56 Å². The second-order valence-corrected chi connectivity index (χ2v) is 4.41. The number of fused-ring (bicyclic) bond motifs is 1. The van der Waals surface area contributed by atoms with Gasteiger partial charge in [-0.1, -0.05) is 12.2 Å². The van der Waals surface area contributed by atoms with Gasteiger partial charge in [-0.15, -0.1) is 0 Å². The SMILES string of the molecule is Nc1nc2c(ncn2C2C=CC(C(=O)O)C2)c(=O)[nH]1. The Labute approximate surface area is 106 Å². The van der Waals surface area contributed by atoms with Crippen molar-refractivity contribution in [3.05, 3.63) is 28.8 Å². The van der Waals surface area contributed by atoms with Crippen LogP contribution in [0.1, 0.15) is 12.5 Å². The summed E-state index contributed by atoms with van der Waals surface area (Å²) in [5.74, 6) is -1.38. The summed E-state index contributed by atoms with van der Waals surface area (Å²) in [6, 6.07) is -0.181. The highest BCUT2D eigenvalue weighted by atomic mass is 16.4. The van der Waals surface area contributed by atoms with E-state index in [1.54, 1.807) is 16.7 Å². The van der Waals surface area contributed by atoms with E-state index in [1.165, 1.54) is 6.33 Å². The molecular formula is C11H11N5O3. The minimum Gasteiger partial charge on any atom is -0.481 e. The van der Waals surface area contributed by atoms with Gasteiger partial charge in [0.15, 0.2) is 11.2 Å². The lowest BCUT2D eigenvalue weighted by Crippen LogP contribution is -2.14. The van der Waals surface area contributed by atoms with Gasteiger partial charge in [-0.05, 0) is 6.42 Å². The maximum absolute atomic E-state index is 11.6. The standard InChI is InChI=1S/C11H11N5O3/c12-11-14-8-7(9(17)15-11)13-4-16(8)6-2-1-5(3-6)10(18)19/h1-2,4-6H,3H2,(H,18,19)(H3,12,14,15,17). The molecule has 2 atom stereocenters. The van der Waals surface area contributed by atoms with Crippen LogP contribution in [0, 0.1) is 5.92 Å². The molecule has 0 fully saturated rings. The number of hydrogen-bond donors (Lipinski definition) is 3. The van der Waals surface area contributed by atoms with Crippen LogP contribution in [0.25, 0.3) is 11.2 Å². The molecule has 2 aromatic rings. The molecule has 98 valence electrons. The Morgan fingerprint density at radius 2 is 2.32 bits per heavy atom. The number of carboxylic acid groups (broad SMARTS) is 1. The van der Waals surface area contributed by atoms with Crippen molar-refractivity contribution in [2.24, 2.45) is 5.92 Å². The quantitative estimate of drug-likeness (QED) is 0.648. The van der Waals surface area contributed by atoms with Gasteiger partial charge in [-0.2, -0.15) is 4.98 Å². The number of H-pyrrole nitrogens is 1. The number of rotatable bonds is 2. The maximum Gasteiger partial charge on any atom is 0.310 e. The minimum absolute atomic E-state index is 0.0102. The zero-order valence-electron chi connectivity index (χ0n) is 9.78. The lowest BCUT2D eigenvalue weighted by atomic mass is 10.1. The van der Waals surface area contributed by atoms with Crippen LogP contribution in [-0.2, 0) is 4.79 Å². The number of anilines is 1. The van der Waals surface area contributed by atoms with E-state index in [-0.39, 0.29) is 17.5 Å². The third kappa shape index (κ3) is 1.77. The highest BCUT2D eigenvalue weighted by Crippen LogP contribution is 2.29. The second kappa shape index (κ2) is 3.94. The van der Waals surface area contributed by atoms with E-state index < -0.39 is 17.4 Å². The van der Waals surface area contributed by atoms with Crippen molar-refractivity contribution in [3.63, 3.8) is 0 Å². The molecule has 0 saturated carbocycles. The van der Waals surface area contributed by atoms with Gasteiger partial charge < -0.3 is 15.4 Å². The van der Waals surface area contributed by atoms with Crippen molar-refractivity contribution in [1.82, 2.24) is 19.5 Å². The lowest BCUT2D eigenvalue weighted by molar-refractivity contribution is -0.140. The molecule has 0 amide bonds. The Morgan fingerprint density at radius 3 is 3.00 bits per heavy atom. The molecule has 3 rings (SSSR count). The number of imidazole rings is 1. The fourth-order valence-corrected chi connectivity index (χ4v) is 2.25. The van der Waals surface area contributed by atoms with E-state index in [1.807, 2.05) is 0 Å². The Bertz CT molecular complexity index is 744. The number of allylic oxidation sites excluding steroid dienone is 1. The zero-order chi connectivity index (χ0) is 13.6.